The van der Waals surface area contributed by atoms with Crippen LogP contribution in [0.2, 0.25) is 0 Å². The lowest BCUT2D eigenvalue weighted by atomic mass is 9.81. The Hall–Kier alpha value is 0.320. The molecule has 0 N–H and O–H groups in total. The predicted molar refractivity (Wildman–Crippen MR) is 64.6 cm³/mol. The van der Waals surface area contributed by atoms with Crippen LogP contribution in [-0.2, 0) is 14.3 Å². The fourth-order valence-electron chi connectivity index (χ4n) is 2.88. The van der Waals surface area contributed by atoms with E-state index in [0.717, 1.165) is 17.1 Å². The number of carbonyl (C=O) groups excluding carboxylic acids is 2. The van der Waals surface area contributed by atoms with Crippen LogP contribution in [0.5, 0.6) is 0 Å². The highest BCUT2D eigenvalue weighted by molar-refractivity contribution is 8.03. The molecule has 0 aromatic carbocycles. The zero-order chi connectivity index (χ0) is 12.4. The van der Waals surface area contributed by atoms with Gasteiger partial charge in [0, 0.05) is 11.9 Å². The van der Waals surface area contributed by atoms with Crippen LogP contribution in [0.15, 0.2) is 0 Å². The summed E-state index contributed by atoms with van der Waals surface area (Å²) >= 11 is 17.5. The number of ether oxygens (including phenoxy) is 1. The van der Waals surface area contributed by atoms with Crippen molar-refractivity contribution >= 4 is 58.6 Å². The molecule has 0 unspecified atom stereocenters. The van der Waals surface area contributed by atoms with E-state index in [2.05, 4.69) is 0 Å². The van der Waals surface area contributed by atoms with Crippen molar-refractivity contribution in [2.75, 3.05) is 0 Å². The van der Waals surface area contributed by atoms with Crippen LogP contribution in [0.3, 0.4) is 0 Å². The molecule has 3 heterocycles. The highest BCUT2D eigenvalue weighted by Crippen LogP contribution is 2.52. The van der Waals surface area contributed by atoms with Crippen molar-refractivity contribution in [3.8, 4) is 0 Å². The number of hydrogen-bond donors (Lipinski definition) is 0. The summed E-state index contributed by atoms with van der Waals surface area (Å²) in [5.41, 5.74) is 0. The third-order valence-electron chi connectivity index (χ3n) is 3.44. The summed E-state index contributed by atoms with van der Waals surface area (Å²) in [4.78, 5) is 24.2. The lowest BCUT2D eigenvalue weighted by Gasteiger charge is -2.19. The highest BCUT2D eigenvalue weighted by Gasteiger charge is 2.63. The number of imide groups is 1. The number of rotatable bonds is 1. The number of amides is 2. The molecular weight excluding hydrogens is 309 g/mol. The van der Waals surface area contributed by atoms with Crippen LogP contribution < -0.4 is 0 Å². The van der Waals surface area contributed by atoms with Crippen LogP contribution in [-0.4, -0.2) is 31.5 Å². The van der Waals surface area contributed by atoms with Crippen molar-refractivity contribution < 1.29 is 14.3 Å². The third kappa shape index (κ3) is 1.87. The second kappa shape index (κ2) is 3.90. The molecule has 0 aromatic heterocycles. The quantitative estimate of drug-likeness (QED) is 0.422. The first-order valence-corrected chi connectivity index (χ1v) is 7.08. The predicted octanol–water partition coefficient (Wildman–Crippen LogP) is 2.12. The maximum absolute atomic E-state index is 12.1. The van der Waals surface area contributed by atoms with Crippen molar-refractivity contribution in [1.82, 2.24) is 4.31 Å². The number of carbonyl (C=O) groups is 2. The van der Waals surface area contributed by atoms with E-state index in [1.807, 2.05) is 0 Å². The number of hydrogen-bond acceptors (Lipinski definition) is 4. The summed E-state index contributed by atoms with van der Waals surface area (Å²) in [7, 11) is 0. The van der Waals surface area contributed by atoms with Gasteiger partial charge in [-0.2, -0.15) is 0 Å². The summed E-state index contributed by atoms with van der Waals surface area (Å²) in [5.74, 6) is -1.32. The van der Waals surface area contributed by atoms with E-state index in [0.29, 0.717) is 11.9 Å². The second-order valence-corrected chi connectivity index (χ2v) is 8.46. The Labute approximate surface area is 117 Å². The Kier molecular flexibility index (Phi) is 2.84. The Morgan fingerprint density at radius 1 is 1.12 bits per heavy atom. The largest absolute Gasteiger partial charge is 0.373 e. The minimum atomic E-state index is -1.70. The van der Waals surface area contributed by atoms with Gasteiger partial charge in [-0.3, -0.25) is 9.59 Å². The monoisotopic (exact) mass is 315 g/mol. The number of nitrogens with zero attached hydrogens (tertiary/aromatic N) is 1. The summed E-state index contributed by atoms with van der Waals surface area (Å²) in [5, 5.41) is 0. The van der Waals surface area contributed by atoms with Crippen LogP contribution >= 0.6 is 46.8 Å². The topological polar surface area (TPSA) is 46.6 Å². The molecule has 17 heavy (non-hydrogen) atoms. The molecule has 0 spiro atoms. The molecule has 3 fully saturated rings. The van der Waals surface area contributed by atoms with E-state index in [-0.39, 0.29) is 35.9 Å². The summed E-state index contributed by atoms with van der Waals surface area (Å²) in [6.45, 7) is 0. The average Bonchev–Trinajstić information content (AvgIpc) is 2.86. The average molecular weight is 317 g/mol. The standard InChI is InChI=1S/C9H8Cl3NO3S/c10-9(11,12)17-13-7(14)5-3-1-2-4(16-3)6(5)8(13)15/h3-6H,1-2H2/t3-,4-,5-,6+/m1/s1. The lowest BCUT2D eigenvalue weighted by Crippen LogP contribution is -2.30. The molecule has 0 aliphatic carbocycles. The normalized spacial score (nSPS) is 40.3. The zero-order valence-electron chi connectivity index (χ0n) is 8.44. The summed E-state index contributed by atoms with van der Waals surface area (Å²) in [6, 6.07) is 0. The first kappa shape index (κ1) is 12.4. The maximum Gasteiger partial charge on any atom is 0.256 e. The zero-order valence-corrected chi connectivity index (χ0v) is 11.5. The van der Waals surface area contributed by atoms with Crippen molar-refractivity contribution in [2.45, 2.75) is 28.2 Å². The van der Waals surface area contributed by atoms with Gasteiger partial charge in [0.1, 0.15) is 0 Å². The van der Waals surface area contributed by atoms with Crippen LogP contribution in [0.1, 0.15) is 12.8 Å². The third-order valence-corrected chi connectivity index (χ3v) is 4.81. The fraction of sp³-hybridized carbons (Fsp3) is 0.778. The van der Waals surface area contributed by atoms with Crippen LogP contribution in [0, 0.1) is 11.8 Å². The van der Waals surface area contributed by atoms with Crippen LogP contribution in [0.25, 0.3) is 0 Å². The lowest BCUT2D eigenvalue weighted by molar-refractivity contribution is -0.135. The van der Waals surface area contributed by atoms with Gasteiger partial charge in [-0.05, 0) is 12.8 Å². The number of alkyl halides is 3. The Morgan fingerprint density at radius 3 is 2.00 bits per heavy atom. The van der Waals surface area contributed by atoms with Gasteiger partial charge in [-0.1, -0.05) is 34.8 Å². The first-order valence-electron chi connectivity index (χ1n) is 5.17. The molecule has 2 bridgehead atoms. The molecule has 2 amide bonds. The van der Waals surface area contributed by atoms with Gasteiger partial charge in [0.15, 0.2) is 0 Å². The molecule has 3 saturated heterocycles. The molecule has 3 aliphatic heterocycles. The Balaban J connectivity index is 1.86. The van der Waals surface area contributed by atoms with E-state index >= 15 is 0 Å². The maximum atomic E-state index is 12.1. The van der Waals surface area contributed by atoms with E-state index < -0.39 is 3.12 Å². The van der Waals surface area contributed by atoms with E-state index in [1.165, 1.54) is 0 Å². The van der Waals surface area contributed by atoms with Gasteiger partial charge >= 0.3 is 0 Å². The second-order valence-electron chi connectivity index (χ2n) is 4.35. The Morgan fingerprint density at radius 2 is 1.59 bits per heavy atom. The minimum Gasteiger partial charge on any atom is -0.373 e. The number of halogens is 3. The fourth-order valence-corrected chi connectivity index (χ4v) is 4.13. The van der Waals surface area contributed by atoms with Gasteiger partial charge in [0.2, 0.25) is 11.8 Å². The van der Waals surface area contributed by atoms with E-state index in [4.69, 9.17) is 39.5 Å². The summed E-state index contributed by atoms with van der Waals surface area (Å²) in [6.07, 6.45) is 1.39. The molecule has 4 nitrogen and oxygen atoms in total. The minimum absolute atomic E-state index is 0.137. The van der Waals surface area contributed by atoms with Crippen LogP contribution in [0.4, 0.5) is 0 Å². The van der Waals surface area contributed by atoms with Crippen molar-refractivity contribution in [1.29, 1.82) is 0 Å². The number of fused-ring (bicyclic) bond motifs is 5. The summed E-state index contributed by atoms with van der Waals surface area (Å²) < 4.78 is 4.87. The Bertz CT molecular complexity index is 371. The molecule has 3 rings (SSSR count). The van der Waals surface area contributed by atoms with E-state index in [9.17, 15) is 9.59 Å². The van der Waals surface area contributed by atoms with Crippen molar-refractivity contribution in [2.24, 2.45) is 11.8 Å². The van der Waals surface area contributed by atoms with Gasteiger partial charge in [-0.25, -0.2) is 4.31 Å². The first-order chi connectivity index (χ1) is 7.88. The molecule has 3 aliphatic rings. The van der Waals surface area contributed by atoms with Gasteiger partial charge in [-0.15, -0.1) is 0 Å². The van der Waals surface area contributed by atoms with E-state index in [1.54, 1.807) is 0 Å². The van der Waals surface area contributed by atoms with Gasteiger partial charge in [0.25, 0.3) is 3.12 Å². The molecule has 0 aromatic rings. The molecule has 0 radical (unpaired) electrons. The smallest absolute Gasteiger partial charge is 0.256 e. The van der Waals surface area contributed by atoms with Gasteiger partial charge in [0.05, 0.1) is 24.0 Å². The molecular formula is C9H8Cl3NO3S. The van der Waals surface area contributed by atoms with Crippen molar-refractivity contribution in [3.05, 3.63) is 0 Å². The molecule has 4 atom stereocenters. The molecule has 0 saturated carbocycles. The molecule has 8 heteroatoms. The molecule has 94 valence electrons. The SMILES string of the molecule is O=C1[C@@H]2[C@H](C(=O)N1SC(Cl)(Cl)Cl)[C@H]1CC[C@H]2O1. The highest BCUT2D eigenvalue weighted by atomic mass is 35.6. The van der Waals surface area contributed by atoms with Gasteiger partial charge < -0.3 is 4.74 Å². The van der Waals surface area contributed by atoms with Crippen molar-refractivity contribution in [3.63, 3.8) is 0 Å².